The molecule has 1 aliphatic heterocycles. The number of carbonyl (C=O) groups is 2. The molecule has 18 heavy (non-hydrogen) atoms. The molecular weight excluding hydrogens is 238 g/mol. The van der Waals surface area contributed by atoms with Gasteiger partial charge in [0.15, 0.2) is 6.10 Å². The number of carboxylic acid groups (broad SMARTS) is 1. The zero-order chi connectivity index (χ0) is 13.5. The van der Waals surface area contributed by atoms with Gasteiger partial charge in [-0.25, -0.2) is 4.79 Å². The van der Waals surface area contributed by atoms with Crippen molar-refractivity contribution in [2.75, 3.05) is 26.8 Å². The fourth-order valence-corrected chi connectivity index (χ4v) is 1.97. The number of carbonyl (C=O) groups excluding carboxylic acids is 1. The maximum Gasteiger partial charge on any atom is 0.334 e. The Balaban J connectivity index is 2.39. The van der Waals surface area contributed by atoms with Crippen molar-refractivity contribution in [3.8, 4) is 0 Å². The molecule has 0 bridgehead atoms. The van der Waals surface area contributed by atoms with E-state index in [-0.39, 0.29) is 18.6 Å². The molecule has 1 heterocycles. The lowest BCUT2D eigenvalue weighted by Crippen LogP contribution is -2.51. The van der Waals surface area contributed by atoms with Gasteiger partial charge in [0, 0.05) is 26.7 Å². The molecule has 2 atom stereocenters. The highest BCUT2D eigenvalue weighted by Gasteiger charge is 2.32. The number of amides is 1. The Morgan fingerprint density at radius 3 is 2.72 bits per heavy atom. The summed E-state index contributed by atoms with van der Waals surface area (Å²) in [5.74, 6) is -1.02. The van der Waals surface area contributed by atoms with E-state index in [4.69, 9.17) is 14.6 Å². The highest BCUT2D eigenvalue weighted by Crippen LogP contribution is 2.13. The van der Waals surface area contributed by atoms with Crippen molar-refractivity contribution in [3.05, 3.63) is 0 Å². The van der Waals surface area contributed by atoms with Crippen molar-refractivity contribution in [3.63, 3.8) is 0 Å². The number of aliphatic carboxylic acids is 1. The summed E-state index contributed by atoms with van der Waals surface area (Å²) in [4.78, 5) is 24.4. The molecule has 1 unspecified atom stereocenters. The average molecular weight is 259 g/mol. The minimum atomic E-state index is -1.02. The van der Waals surface area contributed by atoms with Crippen LogP contribution in [0.25, 0.3) is 0 Å². The topological polar surface area (TPSA) is 76.1 Å². The van der Waals surface area contributed by atoms with Gasteiger partial charge in [-0.2, -0.15) is 0 Å². The number of hydrogen-bond acceptors (Lipinski definition) is 4. The molecule has 1 rings (SSSR count). The molecule has 6 nitrogen and oxygen atoms in total. The maximum absolute atomic E-state index is 11.9. The zero-order valence-corrected chi connectivity index (χ0v) is 10.9. The second kappa shape index (κ2) is 7.33. The highest BCUT2D eigenvalue weighted by molar-refractivity contribution is 5.78. The van der Waals surface area contributed by atoms with Crippen LogP contribution in [0.5, 0.6) is 0 Å². The molecule has 0 aromatic heterocycles. The Labute approximate surface area is 107 Å². The van der Waals surface area contributed by atoms with Crippen molar-refractivity contribution in [2.24, 2.45) is 0 Å². The number of methoxy groups -OCH3 is 1. The minimum absolute atomic E-state index is 0.00694. The molecule has 0 spiro atoms. The summed E-state index contributed by atoms with van der Waals surface area (Å²) < 4.78 is 10.2. The summed E-state index contributed by atoms with van der Waals surface area (Å²) in [6.07, 6.45) is 0.891. The predicted molar refractivity (Wildman–Crippen MR) is 64.3 cm³/mol. The van der Waals surface area contributed by atoms with E-state index < -0.39 is 12.1 Å². The van der Waals surface area contributed by atoms with Gasteiger partial charge in [-0.3, -0.25) is 4.79 Å². The molecule has 1 fully saturated rings. The molecule has 1 amide bonds. The number of morpholine rings is 1. The van der Waals surface area contributed by atoms with Crippen molar-refractivity contribution in [1.82, 2.24) is 4.90 Å². The Morgan fingerprint density at radius 1 is 1.39 bits per heavy atom. The number of nitrogens with zero attached hydrogens (tertiary/aromatic N) is 1. The van der Waals surface area contributed by atoms with E-state index in [1.54, 1.807) is 18.9 Å². The Bertz CT molecular complexity index is 294. The third-order valence-electron chi connectivity index (χ3n) is 2.88. The van der Waals surface area contributed by atoms with Crippen LogP contribution < -0.4 is 0 Å². The zero-order valence-electron chi connectivity index (χ0n) is 10.9. The highest BCUT2D eigenvalue weighted by atomic mass is 16.5. The molecule has 0 radical (unpaired) electrons. The van der Waals surface area contributed by atoms with E-state index in [0.29, 0.717) is 19.6 Å². The van der Waals surface area contributed by atoms with Gasteiger partial charge in [0.25, 0.3) is 0 Å². The van der Waals surface area contributed by atoms with Crippen LogP contribution in [0.4, 0.5) is 0 Å². The lowest BCUT2D eigenvalue weighted by molar-refractivity contribution is -0.166. The summed E-state index contributed by atoms with van der Waals surface area (Å²) in [7, 11) is 1.63. The molecule has 0 aromatic carbocycles. The normalized spacial score (nSPS) is 24.0. The van der Waals surface area contributed by atoms with E-state index in [0.717, 1.165) is 12.8 Å². The Morgan fingerprint density at radius 2 is 2.11 bits per heavy atom. The van der Waals surface area contributed by atoms with Gasteiger partial charge < -0.3 is 19.5 Å². The molecule has 1 saturated heterocycles. The Kier molecular flexibility index (Phi) is 6.07. The number of unbranched alkanes of at least 4 members (excludes halogenated alkanes) is 1. The van der Waals surface area contributed by atoms with Crippen LogP contribution in [0.2, 0.25) is 0 Å². The first-order valence-corrected chi connectivity index (χ1v) is 6.19. The maximum atomic E-state index is 11.9. The summed E-state index contributed by atoms with van der Waals surface area (Å²) in [5, 5.41) is 8.92. The van der Waals surface area contributed by atoms with Crippen LogP contribution >= 0.6 is 0 Å². The van der Waals surface area contributed by atoms with Gasteiger partial charge in [0.2, 0.25) is 5.91 Å². The van der Waals surface area contributed by atoms with Crippen molar-refractivity contribution < 1.29 is 24.2 Å². The van der Waals surface area contributed by atoms with Gasteiger partial charge in [-0.15, -0.1) is 0 Å². The fourth-order valence-electron chi connectivity index (χ4n) is 1.97. The van der Waals surface area contributed by atoms with E-state index in [9.17, 15) is 9.59 Å². The SMILES string of the molecule is COCCCCC(=O)N1CC(C(=O)O)O[C@H](C)C1. The Hall–Kier alpha value is -1.14. The van der Waals surface area contributed by atoms with Gasteiger partial charge in [0.1, 0.15) is 0 Å². The lowest BCUT2D eigenvalue weighted by Gasteiger charge is -2.35. The molecule has 1 aliphatic rings. The van der Waals surface area contributed by atoms with E-state index >= 15 is 0 Å². The first-order valence-electron chi connectivity index (χ1n) is 6.19. The van der Waals surface area contributed by atoms with Crippen LogP contribution in [0.3, 0.4) is 0 Å². The molecule has 0 saturated carbocycles. The van der Waals surface area contributed by atoms with Crippen molar-refractivity contribution >= 4 is 11.9 Å². The van der Waals surface area contributed by atoms with Crippen LogP contribution in [0.15, 0.2) is 0 Å². The smallest absolute Gasteiger partial charge is 0.334 e. The summed E-state index contributed by atoms with van der Waals surface area (Å²) in [6, 6.07) is 0. The second-order valence-electron chi connectivity index (χ2n) is 4.52. The summed E-state index contributed by atoms with van der Waals surface area (Å²) in [6.45, 7) is 3.03. The average Bonchev–Trinajstić information content (AvgIpc) is 2.33. The third-order valence-corrected chi connectivity index (χ3v) is 2.88. The summed E-state index contributed by atoms with van der Waals surface area (Å²) >= 11 is 0. The number of rotatable bonds is 6. The second-order valence-corrected chi connectivity index (χ2v) is 4.52. The molecule has 1 N–H and O–H groups in total. The van der Waals surface area contributed by atoms with Gasteiger partial charge >= 0.3 is 5.97 Å². The third kappa shape index (κ3) is 4.62. The van der Waals surface area contributed by atoms with Crippen LogP contribution in [0.1, 0.15) is 26.2 Å². The monoisotopic (exact) mass is 259 g/mol. The summed E-state index contributed by atoms with van der Waals surface area (Å²) in [5.41, 5.74) is 0. The number of ether oxygens (including phenoxy) is 2. The number of hydrogen-bond donors (Lipinski definition) is 1. The van der Waals surface area contributed by atoms with Crippen LogP contribution in [0, 0.1) is 0 Å². The van der Waals surface area contributed by atoms with E-state index in [1.807, 2.05) is 0 Å². The van der Waals surface area contributed by atoms with Gasteiger partial charge in [-0.1, -0.05) is 0 Å². The molecule has 0 aromatic rings. The van der Waals surface area contributed by atoms with E-state index in [1.165, 1.54) is 0 Å². The fraction of sp³-hybridized carbons (Fsp3) is 0.833. The predicted octanol–water partition coefficient (Wildman–Crippen LogP) is 0.504. The van der Waals surface area contributed by atoms with Crippen molar-refractivity contribution in [1.29, 1.82) is 0 Å². The lowest BCUT2D eigenvalue weighted by atomic mass is 10.1. The van der Waals surface area contributed by atoms with Gasteiger partial charge in [0.05, 0.1) is 12.6 Å². The molecule has 104 valence electrons. The quantitative estimate of drug-likeness (QED) is 0.703. The van der Waals surface area contributed by atoms with Crippen LogP contribution in [-0.4, -0.2) is 60.9 Å². The van der Waals surface area contributed by atoms with Gasteiger partial charge in [-0.05, 0) is 19.8 Å². The molecular formula is C12H21NO5. The first-order chi connectivity index (χ1) is 8.54. The van der Waals surface area contributed by atoms with Crippen LogP contribution in [-0.2, 0) is 19.1 Å². The first kappa shape index (κ1) is 14.9. The molecule has 0 aliphatic carbocycles. The standard InChI is InChI=1S/C12H21NO5/c1-9-7-13(8-10(18-9)12(15)16)11(14)5-3-4-6-17-2/h9-10H,3-8H2,1-2H3,(H,15,16)/t9-,10?/m1/s1. The number of carboxylic acids is 1. The van der Waals surface area contributed by atoms with Crippen molar-refractivity contribution in [2.45, 2.75) is 38.4 Å². The minimum Gasteiger partial charge on any atom is -0.479 e. The molecule has 6 heteroatoms. The largest absolute Gasteiger partial charge is 0.479 e. The van der Waals surface area contributed by atoms with E-state index in [2.05, 4.69) is 0 Å².